The quantitative estimate of drug-likeness (QED) is 0.613. The number of carboxylic acids is 1. The summed E-state index contributed by atoms with van der Waals surface area (Å²) < 4.78 is 5.44. The molecular weight excluding hydrogens is 260 g/mol. The molecular formula is C14H26N2O4. The third kappa shape index (κ3) is 4.76. The van der Waals surface area contributed by atoms with E-state index in [1.807, 2.05) is 13.8 Å². The molecule has 0 aliphatic carbocycles. The fourth-order valence-electron chi connectivity index (χ4n) is 2.49. The summed E-state index contributed by atoms with van der Waals surface area (Å²) in [5.41, 5.74) is 0. The van der Waals surface area contributed by atoms with E-state index in [9.17, 15) is 14.7 Å². The Bertz CT molecular complexity index is 329. The van der Waals surface area contributed by atoms with Gasteiger partial charge in [0.25, 0.3) is 0 Å². The number of carbonyl (C=O) groups excluding carboxylic acids is 1. The van der Waals surface area contributed by atoms with E-state index in [1.54, 1.807) is 7.05 Å². The smallest absolute Gasteiger partial charge is 0.326 e. The van der Waals surface area contributed by atoms with Crippen LogP contribution in [0.2, 0.25) is 0 Å². The highest BCUT2D eigenvalue weighted by Crippen LogP contribution is 2.17. The number of carboxylic acid groups (broad SMARTS) is 1. The lowest BCUT2D eigenvalue weighted by Gasteiger charge is -2.25. The zero-order valence-electron chi connectivity index (χ0n) is 12.5. The zero-order valence-corrected chi connectivity index (χ0v) is 12.5. The number of ether oxygens (including phenoxy) is 1. The molecule has 4 atom stereocenters. The first-order valence-corrected chi connectivity index (χ1v) is 7.31. The van der Waals surface area contributed by atoms with Crippen LogP contribution in [0.25, 0.3) is 0 Å². The highest BCUT2D eigenvalue weighted by Gasteiger charge is 2.30. The van der Waals surface area contributed by atoms with Gasteiger partial charge in [-0.05, 0) is 25.8 Å². The zero-order chi connectivity index (χ0) is 15.1. The van der Waals surface area contributed by atoms with E-state index in [4.69, 9.17) is 4.74 Å². The SMILES string of the molecule is CCC(C)C(NC)C(=O)NC(CC1CCCO1)C(=O)O. The average Bonchev–Trinajstić information content (AvgIpc) is 2.91. The van der Waals surface area contributed by atoms with Gasteiger partial charge in [0.1, 0.15) is 6.04 Å². The van der Waals surface area contributed by atoms with Gasteiger partial charge in [0.2, 0.25) is 5.91 Å². The first-order valence-electron chi connectivity index (χ1n) is 7.31. The minimum Gasteiger partial charge on any atom is -0.480 e. The van der Waals surface area contributed by atoms with Crippen molar-refractivity contribution in [1.82, 2.24) is 10.6 Å². The Hall–Kier alpha value is -1.14. The van der Waals surface area contributed by atoms with Crippen molar-refractivity contribution < 1.29 is 19.4 Å². The van der Waals surface area contributed by atoms with Gasteiger partial charge in [-0.25, -0.2) is 4.79 Å². The Labute approximate surface area is 120 Å². The largest absolute Gasteiger partial charge is 0.480 e. The lowest BCUT2D eigenvalue weighted by Crippen LogP contribution is -2.52. The molecule has 1 rings (SSSR count). The maximum absolute atomic E-state index is 12.2. The molecule has 0 aromatic rings. The Morgan fingerprint density at radius 3 is 2.60 bits per heavy atom. The first-order chi connectivity index (χ1) is 9.49. The molecule has 20 heavy (non-hydrogen) atoms. The second-order valence-corrected chi connectivity index (χ2v) is 5.42. The number of aliphatic carboxylic acids is 1. The third-order valence-electron chi connectivity index (χ3n) is 3.94. The van der Waals surface area contributed by atoms with Gasteiger partial charge in [0.05, 0.1) is 12.1 Å². The van der Waals surface area contributed by atoms with Crippen LogP contribution in [0.3, 0.4) is 0 Å². The minimum atomic E-state index is -1.01. The number of hydrogen-bond acceptors (Lipinski definition) is 4. The molecule has 0 aromatic carbocycles. The monoisotopic (exact) mass is 286 g/mol. The predicted molar refractivity (Wildman–Crippen MR) is 75.5 cm³/mol. The number of rotatable bonds is 8. The van der Waals surface area contributed by atoms with Crippen LogP contribution in [0.1, 0.15) is 39.5 Å². The summed E-state index contributed by atoms with van der Waals surface area (Å²) >= 11 is 0. The molecule has 1 amide bonds. The highest BCUT2D eigenvalue weighted by molar-refractivity contribution is 5.87. The number of amides is 1. The van der Waals surface area contributed by atoms with Crippen LogP contribution in [0.5, 0.6) is 0 Å². The molecule has 1 fully saturated rings. The summed E-state index contributed by atoms with van der Waals surface area (Å²) in [6.45, 7) is 4.65. The van der Waals surface area contributed by atoms with E-state index in [1.165, 1.54) is 0 Å². The maximum Gasteiger partial charge on any atom is 0.326 e. The Morgan fingerprint density at radius 1 is 1.45 bits per heavy atom. The van der Waals surface area contributed by atoms with E-state index < -0.39 is 12.0 Å². The standard InChI is InChI=1S/C14H26N2O4/c1-4-9(2)12(15-3)13(17)16-11(14(18)19)8-10-6-5-7-20-10/h9-12,15H,4-8H2,1-3H3,(H,16,17)(H,18,19). The van der Waals surface area contributed by atoms with E-state index in [-0.39, 0.29) is 24.0 Å². The van der Waals surface area contributed by atoms with Gasteiger partial charge in [-0.15, -0.1) is 0 Å². The highest BCUT2D eigenvalue weighted by atomic mass is 16.5. The van der Waals surface area contributed by atoms with Crippen LogP contribution in [0.4, 0.5) is 0 Å². The van der Waals surface area contributed by atoms with Gasteiger partial charge in [-0.2, -0.15) is 0 Å². The molecule has 1 heterocycles. The lowest BCUT2D eigenvalue weighted by atomic mass is 9.97. The van der Waals surface area contributed by atoms with Crippen molar-refractivity contribution in [3.63, 3.8) is 0 Å². The van der Waals surface area contributed by atoms with Crippen molar-refractivity contribution in [3.05, 3.63) is 0 Å². The van der Waals surface area contributed by atoms with Crippen LogP contribution >= 0.6 is 0 Å². The number of hydrogen-bond donors (Lipinski definition) is 3. The van der Waals surface area contributed by atoms with Gasteiger partial charge in [-0.1, -0.05) is 20.3 Å². The summed E-state index contributed by atoms with van der Waals surface area (Å²) in [4.78, 5) is 23.5. The van der Waals surface area contributed by atoms with Crippen LogP contribution < -0.4 is 10.6 Å². The Morgan fingerprint density at radius 2 is 2.15 bits per heavy atom. The molecule has 116 valence electrons. The second-order valence-electron chi connectivity index (χ2n) is 5.42. The van der Waals surface area contributed by atoms with E-state index >= 15 is 0 Å². The van der Waals surface area contributed by atoms with E-state index in [2.05, 4.69) is 10.6 Å². The second kappa shape index (κ2) is 8.21. The van der Waals surface area contributed by atoms with Gasteiger partial charge in [0.15, 0.2) is 0 Å². The fourth-order valence-corrected chi connectivity index (χ4v) is 2.49. The molecule has 3 N–H and O–H groups in total. The normalized spacial score (nSPS) is 23.1. The van der Waals surface area contributed by atoms with Crippen molar-refractivity contribution in [2.45, 2.75) is 57.7 Å². The van der Waals surface area contributed by atoms with Crippen molar-refractivity contribution in [1.29, 1.82) is 0 Å². The van der Waals surface area contributed by atoms with E-state index in [0.717, 1.165) is 19.3 Å². The summed E-state index contributed by atoms with van der Waals surface area (Å²) in [5.74, 6) is -1.11. The van der Waals surface area contributed by atoms with Gasteiger partial charge in [0, 0.05) is 13.0 Å². The van der Waals surface area contributed by atoms with Gasteiger partial charge < -0.3 is 20.5 Å². The molecule has 4 unspecified atom stereocenters. The molecule has 6 nitrogen and oxygen atoms in total. The Balaban J connectivity index is 2.59. The molecule has 0 radical (unpaired) electrons. The van der Waals surface area contributed by atoms with Gasteiger partial charge >= 0.3 is 5.97 Å². The topological polar surface area (TPSA) is 87.7 Å². The van der Waals surface area contributed by atoms with Crippen molar-refractivity contribution >= 4 is 11.9 Å². The molecule has 1 aliphatic rings. The first kappa shape index (κ1) is 16.9. The number of nitrogens with one attached hydrogen (secondary N) is 2. The maximum atomic E-state index is 12.2. The minimum absolute atomic E-state index is 0.0620. The average molecular weight is 286 g/mol. The lowest BCUT2D eigenvalue weighted by molar-refractivity contribution is -0.143. The predicted octanol–water partition coefficient (Wildman–Crippen LogP) is 0.759. The molecule has 0 spiro atoms. The molecule has 1 aliphatic heterocycles. The van der Waals surface area contributed by atoms with Gasteiger partial charge in [-0.3, -0.25) is 4.79 Å². The van der Waals surface area contributed by atoms with Crippen molar-refractivity contribution in [2.75, 3.05) is 13.7 Å². The number of likely N-dealkylation sites (N-methyl/N-ethyl adjacent to an activating group) is 1. The summed E-state index contributed by atoms with van der Waals surface area (Å²) in [7, 11) is 1.71. The molecule has 6 heteroatoms. The summed E-state index contributed by atoms with van der Waals surface area (Å²) in [6, 6.07) is -1.25. The van der Waals surface area contributed by atoms with Crippen LogP contribution in [-0.4, -0.2) is 48.8 Å². The Kier molecular flexibility index (Phi) is 6.95. The third-order valence-corrected chi connectivity index (χ3v) is 3.94. The molecule has 0 saturated carbocycles. The number of carbonyl (C=O) groups is 2. The van der Waals surface area contributed by atoms with Crippen molar-refractivity contribution in [3.8, 4) is 0 Å². The molecule has 1 saturated heterocycles. The van der Waals surface area contributed by atoms with Crippen molar-refractivity contribution in [2.24, 2.45) is 5.92 Å². The van der Waals surface area contributed by atoms with Crippen LogP contribution in [0, 0.1) is 5.92 Å². The molecule has 0 bridgehead atoms. The summed E-state index contributed by atoms with van der Waals surface area (Å²) in [5, 5.41) is 14.8. The van der Waals surface area contributed by atoms with Crippen LogP contribution in [-0.2, 0) is 14.3 Å². The van der Waals surface area contributed by atoms with Crippen LogP contribution in [0.15, 0.2) is 0 Å². The van der Waals surface area contributed by atoms with E-state index in [0.29, 0.717) is 13.0 Å². The molecule has 0 aromatic heterocycles. The fraction of sp³-hybridized carbons (Fsp3) is 0.857. The summed E-state index contributed by atoms with van der Waals surface area (Å²) in [6.07, 6.45) is 2.94.